The van der Waals surface area contributed by atoms with Crippen LogP contribution < -0.4 is 10.5 Å². The van der Waals surface area contributed by atoms with Gasteiger partial charge in [0, 0.05) is 31.6 Å². The maximum atomic E-state index is 14.0. The highest BCUT2D eigenvalue weighted by atomic mass is 35.5. The average Bonchev–Trinajstić information content (AvgIpc) is 2.55. The highest BCUT2D eigenvalue weighted by Crippen LogP contribution is 2.38. The molecule has 1 heterocycles. The molecule has 3 rings (SSSR count). The molecule has 0 saturated carbocycles. The van der Waals surface area contributed by atoms with Crippen LogP contribution in [0.15, 0.2) is 42.5 Å². The number of anilines is 1. The van der Waals surface area contributed by atoms with E-state index in [2.05, 4.69) is 11.9 Å². The summed E-state index contributed by atoms with van der Waals surface area (Å²) < 4.78 is 20.3. The summed E-state index contributed by atoms with van der Waals surface area (Å²) in [4.78, 5) is 2.25. The van der Waals surface area contributed by atoms with Gasteiger partial charge in [0.25, 0.3) is 0 Å². The number of hydrogen-bond donors (Lipinski definition) is 1. The van der Waals surface area contributed by atoms with E-state index < -0.39 is 11.4 Å². The number of ether oxygens (including phenoxy) is 1. The predicted octanol–water partition coefficient (Wildman–Crippen LogP) is 4.06. The molecule has 0 aromatic heterocycles. The van der Waals surface area contributed by atoms with Gasteiger partial charge < -0.3 is 15.4 Å². The van der Waals surface area contributed by atoms with Crippen molar-refractivity contribution in [2.75, 3.05) is 25.9 Å². The van der Waals surface area contributed by atoms with Gasteiger partial charge in [-0.15, -0.1) is 0 Å². The number of hydrogen-bond acceptors (Lipinski definition) is 3. The lowest BCUT2D eigenvalue weighted by atomic mass is 9.84. The molecule has 122 valence electrons. The summed E-state index contributed by atoms with van der Waals surface area (Å²) in [6, 6.07) is 12.3. The summed E-state index contributed by atoms with van der Waals surface area (Å²) >= 11 is 5.83. The molecular weight excluding hydrogens is 315 g/mol. The number of likely N-dealkylation sites (tertiary alicyclic amines) is 1. The molecule has 0 spiro atoms. The van der Waals surface area contributed by atoms with Crippen molar-refractivity contribution >= 4 is 17.3 Å². The standard InChI is InChI=1S/C18H20ClFN2O/c1-22-10-8-18(9-11-22,13-2-7-16(19)17(20)12-13)23-15-5-3-14(21)4-6-15/h2-7,12H,8-11,21H2,1H3. The third kappa shape index (κ3) is 3.43. The Bertz CT molecular complexity index is 682. The van der Waals surface area contributed by atoms with Gasteiger partial charge in [-0.05, 0) is 49.0 Å². The smallest absolute Gasteiger partial charge is 0.142 e. The molecule has 0 amide bonds. The Morgan fingerprint density at radius 2 is 1.78 bits per heavy atom. The number of rotatable bonds is 3. The Hall–Kier alpha value is -1.78. The van der Waals surface area contributed by atoms with Gasteiger partial charge in [-0.25, -0.2) is 4.39 Å². The molecule has 2 aromatic carbocycles. The van der Waals surface area contributed by atoms with Crippen molar-refractivity contribution in [1.82, 2.24) is 4.90 Å². The molecule has 0 aliphatic carbocycles. The average molecular weight is 335 g/mol. The first-order chi connectivity index (χ1) is 11.0. The SMILES string of the molecule is CN1CCC(Oc2ccc(N)cc2)(c2ccc(Cl)c(F)c2)CC1. The van der Waals surface area contributed by atoms with Crippen molar-refractivity contribution in [2.45, 2.75) is 18.4 Å². The Morgan fingerprint density at radius 3 is 2.39 bits per heavy atom. The number of nitrogens with two attached hydrogens (primary N) is 1. The zero-order valence-electron chi connectivity index (χ0n) is 13.1. The van der Waals surface area contributed by atoms with Gasteiger partial charge in [-0.1, -0.05) is 17.7 Å². The fraction of sp³-hybridized carbons (Fsp3) is 0.333. The number of piperidine rings is 1. The zero-order chi connectivity index (χ0) is 16.4. The second kappa shape index (κ2) is 6.38. The summed E-state index contributed by atoms with van der Waals surface area (Å²) in [6.07, 6.45) is 1.57. The lowest BCUT2D eigenvalue weighted by Gasteiger charge is -2.41. The molecule has 0 atom stereocenters. The van der Waals surface area contributed by atoms with Gasteiger partial charge in [0.05, 0.1) is 5.02 Å². The maximum absolute atomic E-state index is 14.0. The lowest BCUT2D eigenvalue weighted by molar-refractivity contribution is 0.00353. The van der Waals surface area contributed by atoms with Gasteiger partial charge in [0.1, 0.15) is 17.2 Å². The summed E-state index contributed by atoms with van der Waals surface area (Å²) in [7, 11) is 2.08. The van der Waals surface area contributed by atoms with Crippen molar-refractivity contribution < 1.29 is 9.13 Å². The van der Waals surface area contributed by atoms with Crippen molar-refractivity contribution in [1.29, 1.82) is 0 Å². The summed E-state index contributed by atoms with van der Waals surface area (Å²) in [5, 5.41) is 0.129. The fourth-order valence-corrected chi connectivity index (χ4v) is 3.09. The Labute approximate surface area is 140 Å². The number of nitrogen functional groups attached to an aromatic ring is 1. The van der Waals surface area contributed by atoms with Crippen LogP contribution in [0, 0.1) is 5.82 Å². The minimum atomic E-state index is -0.548. The van der Waals surface area contributed by atoms with Crippen molar-refractivity contribution in [3.63, 3.8) is 0 Å². The van der Waals surface area contributed by atoms with E-state index in [0.29, 0.717) is 5.69 Å². The molecule has 1 aliphatic heterocycles. The zero-order valence-corrected chi connectivity index (χ0v) is 13.8. The van der Waals surface area contributed by atoms with Crippen LogP contribution in [0.1, 0.15) is 18.4 Å². The van der Waals surface area contributed by atoms with Crippen LogP contribution in [0.2, 0.25) is 5.02 Å². The third-order valence-electron chi connectivity index (χ3n) is 4.43. The monoisotopic (exact) mass is 334 g/mol. The van der Waals surface area contributed by atoms with Crippen LogP contribution in [0.3, 0.4) is 0 Å². The van der Waals surface area contributed by atoms with Crippen molar-refractivity contribution in [3.8, 4) is 5.75 Å². The van der Waals surface area contributed by atoms with E-state index in [4.69, 9.17) is 22.1 Å². The van der Waals surface area contributed by atoms with Gasteiger partial charge in [0.2, 0.25) is 0 Å². The van der Waals surface area contributed by atoms with E-state index in [-0.39, 0.29) is 5.02 Å². The molecule has 2 aromatic rings. The predicted molar refractivity (Wildman–Crippen MR) is 91.3 cm³/mol. The van der Waals surface area contributed by atoms with E-state index in [1.54, 1.807) is 18.2 Å². The number of benzene rings is 2. The molecule has 0 unspecified atom stereocenters. The first-order valence-corrected chi connectivity index (χ1v) is 8.05. The first-order valence-electron chi connectivity index (χ1n) is 7.67. The highest BCUT2D eigenvalue weighted by Gasteiger charge is 2.38. The van der Waals surface area contributed by atoms with Crippen LogP contribution in [0.4, 0.5) is 10.1 Å². The molecule has 1 fully saturated rings. The van der Waals surface area contributed by atoms with E-state index in [1.807, 2.05) is 18.2 Å². The van der Waals surface area contributed by atoms with Crippen LogP contribution in [-0.4, -0.2) is 25.0 Å². The van der Waals surface area contributed by atoms with Gasteiger partial charge >= 0.3 is 0 Å². The Balaban J connectivity index is 1.96. The molecule has 2 N–H and O–H groups in total. The number of nitrogens with zero attached hydrogens (tertiary/aromatic N) is 1. The molecule has 5 heteroatoms. The minimum absolute atomic E-state index is 0.129. The summed E-state index contributed by atoms with van der Waals surface area (Å²) in [5.74, 6) is 0.322. The molecule has 3 nitrogen and oxygen atoms in total. The van der Waals surface area contributed by atoms with Crippen molar-refractivity contribution in [2.24, 2.45) is 0 Å². The summed E-state index contributed by atoms with van der Waals surface area (Å²) in [5.41, 5.74) is 6.70. The Kier molecular flexibility index (Phi) is 4.46. The third-order valence-corrected chi connectivity index (χ3v) is 4.74. The molecular formula is C18H20ClFN2O. The maximum Gasteiger partial charge on any atom is 0.142 e. The van der Waals surface area contributed by atoms with Gasteiger partial charge in [0.15, 0.2) is 0 Å². The highest BCUT2D eigenvalue weighted by molar-refractivity contribution is 6.30. The molecule has 23 heavy (non-hydrogen) atoms. The minimum Gasteiger partial charge on any atom is -0.482 e. The van der Waals surface area contributed by atoms with Crippen molar-refractivity contribution in [3.05, 3.63) is 58.9 Å². The topological polar surface area (TPSA) is 38.5 Å². The second-order valence-corrected chi connectivity index (χ2v) is 6.50. The molecule has 1 aliphatic rings. The van der Waals surface area contributed by atoms with Crippen LogP contribution in [0.5, 0.6) is 5.75 Å². The molecule has 0 bridgehead atoms. The normalized spacial score (nSPS) is 17.9. The first kappa shape index (κ1) is 16.1. The summed E-state index contributed by atoms with van der Waals surface area (Å²) in [6.45, 7) is 1.78. The fourth-order valence-electron chi connectivity index (χ4n) is 2.97. The van der Waals surface area contributed by atoms with E-state index in [1.165, 1.54) is 6.07 Å². The van der Waals surface area contributed by atoms with Crippen LogP contribution >= 0.6 is 11.6 Å². The van der Waals surface area contributed by atoms with E-state index in [9.17, 15) is 4.39 Å². The van der Waals surface area contributed by atoms with Crippen LogP contribution in [-0.2, 0) is 5.60 Å². The quantitative estimate of drug-likeness (QED) is 0.860. The van der Waals surface area contributed by atoms with E-state index in [0.717, 1.165) is 37.2 Å². The van der Waals surface area contributed by atoms with E-state index >= 15 is 0 Å². The number of halogens is 2. The largest absolute Gasteiger partial charge is 0.482 e. The van der Waals surface area contributed by atoms with Crippen LogP contribution in [0.25, 0.3) is 0 Å². The lowest BCUT2D eigenvalue weighted by Crippen LogP contribution is -2.44. The molecule has 1 saturated heterocycles. The van der Waals surface area contributed by atoms with Gasteiger partial charge in [-0.3, -0.25) is 0 Å². The Morgan fingerprint density at radius 1 is 1.13 bits per heavy atom. The van der Waals surface area contributed by atoms with Gasteiger partial charge in [-0.2, -0.15) is 0 Å². The molecule has 0 radical (unpaired) electrons. The second-order valence-electron chi connectivity index (χ2n) is 6.10.